The highest BCUT2D eigenvalue weighted by atomic mass is 32.2. The van der Waals surface area contributed by atoms with Gasteiger partial charge in [-0.3, -0.25) is 4.79 Å². The van der Waals surface area contributed by atoms with Gasteiger partial charge in [-0.2, -0.15) is 0 Å². The van der Waals surface area contributed by atoms with Gasteiger partial charge >= 0.3 is 0 Å². The first kappa shape index (κ1) is 24.7. The van der Waals surface area contributed by atoms with Crippen molar-refractivity contribution in [1.29, 1.82) is 0 Å². The van der Waals surface area contributed by atoms with Crippen LogP contribution in [-0.2, 0) is 22.9 Å². The lowest BCUT2D eigenvalue weighted by molar-refractivity contribution is 0.0758. The standard InChI is InChI=1S/C27H36N2O4S/c1-3-25(22-13-12-20-10-6-7-11-21(20)18-22)28-34(31,32)23-14-15-26(33-2)24(19-23)27(30)29-16-8-4-5-9-17-29/h12-15,18-19,25,28H,3-11,16-17H2,1-2H3/t25-/m1/s1. The molecule has 1 amide bonds. The monoisotopic (exact) mass is 484 g/mol. The Kier molecular flexibility index (Phi) is 7.94. The van der Waals surface area contributed by atoms with Crippen LogP contribution in [0, 0.1) is 0 Å². The van der Waals surface area contributed by atoms with Gasteiger partial charge in [-0.05, 0) is 79.8 Å². The van der Waals surface area contributed by atoms with Crippen LogP contribution in [0.5, 0.6) is 5.75 Å². The van der Waals surface area contributed by atoms with E-state index in [1.54, 1.807) is 6.07 Å². The smallest absolute Gasteiger partial charge is 0.257 e. The number of hydrogen-bond acceptors (Lipinski definition) is 4. The summed E-state index contributed by atoms with van der Waals surface area (Å²) < 4.78 is 35.1. The summed E-state index contributed by atoms with van der Waals surface area (Å²) >= 11 is 0. The largest absolute Gasteiger partial charge is 0.496 e. The van der Waals surface area contributed by atoms with Crippen molar-refractivity contribution >= 4 is 15.9 Å². The summed E-state index contributed by atoms with van der Waals surface area (Å²) in [5.41, 5.74) is 3.99. The summed E-state index contributed by atoms with van der Waals surface area (Å²) in [7, 11) is -2.33. The van der Waals surface area contributed by atoms with Crippen molar-refractivity contribution in [2.24, 2.45) is 0 Å². The number of fused-ring (bicyclic) bond motifs is 1. The number of hydrogen-bond donors (Lipinski definition) is 1. The lowest BCUT2D eigenvalue weighted by Gasteiger charge is -2.23. The molecule has 0 spiro atoms. The van der Waals surface area contributed by atoms with Crippen LogP contribution in [0.25, 0.3) is 0 Å². The molecular weight excluding hydrogens is 448 g/mol. The topological polar surface area (TPSA) is 75.7 Å². The SMILES string of the molecule is CC[C@@H](NS(=O)(=O)c1ccc(OC)c(C(=O)N2CCCCCC2)c1)c1ccc2c(c1)CCCC2. The molecular formula is C27H36N2O4S. The molecule has 184 valence electrons. The maximum atomic E-state index is 13.4. The molecule has 1 N–H and O–H groups in total. The Bertz CT molecular complexity index is 1120. The fourth-order valence-electron chi connectivity index (χ4n) is 5.08. The average molecular weight is 485 g/mol. The fraction of sp³-hybridized carbons (Fsp3) is 0.519. The zero-order valence-electron chi connectivity index (χ0n) is 20.3. The normalized spacial score (nSPS) is 17.5. The van der Waals surface area contributed by atoms with Crippen molar-refractivity contribution in [3.63, 3.8) is 0 Å². The summed E-state index contributed by atoms with van der Waals surface area (Å²) in [6.07, 6.45) is 9.32. The Labute approximate surface area is 203 Å². The molecule has 0 radical (unpaired) electrons. The van der Waals surface area contributed by atoms with E-state index in [0.29, 0.717) is 30.8 Å². The van der Waals surface area contributed by atoms with Gasteiger partial charge in [0.05, 0.1) is 17.6 Å². The second-order valence-electron chi connectivity index (χ2n) is 9.39. The van der Waals surface area contributed by atoms with Crippen LogP contribution in [0.1, 0.15) is 85.0 Å². The molecule has 2 aromatic rings. The predicted octanol–water partition coefficient (Wildman–Crippen LogP) is 5.02. The molecule has 0 bridgehead atoms. The number of nitrogens with one attached hydrogen (secondary N) is 1. The van der Waals surface area contributed by atoms with Crippen LogP contribution in [0.4, 0.5) is 0 Å². The Balaban J connectivity index is 1.59. The molecule has 1 aliphatic carbocycles. The number of rotatable bonds is 7. The summed E-state index contributed by atoms with van der Waals surface area (Å²) in [5, 5.41) is 0. The molecule has 1 fully saturated rings. The van der Waals surface area contributed by atoms with Gasteiger partial charge in [0.2, 0.25) is 10.0 Å². The Hall–Kier alpha value is -2.38. The molecule has 1 aliphatic heterocycles. The highest BCUT2D eigenvalue weighted by Crippen LogP contribution is 2.29. The lowest BCUT2D eigenvalue weighted by atomic mass is 9.89. The first-order valence-corrected chi connectivity index (χ1v) is 14.0. The summed E-state index contributed by atoms with van der Waals surface area (Å²) in [5.74, 6) is 0.229. The van der Waals surface area contributed by atoms with Gasteiger partial charge in [-0.1, -0.05) is 38.0 Å². The number of aryl methyl sites for hydroxylation is 2. The Morgan fingerprint density at radius 2 is 1.68 bits per heavy atom. The van der Waals surface area contributed by atoms with Gasteiger partial charge in [-0.25, -0.2) is 13.1 Å². The Morgan fingerprint density at radius 1 is 0.971 bits per heavy atom. The van der Waals surface area contributed by atoms with E-state index in [1.165, 1.54) is 43.2 Å². The second-order valence-corrected chi connectivity index (χ2v) is 11.1. The molecule has 34 heavy (non-hydrogen) atoms. The van der Waals surface area contributed by atoms with Crippen LogP contribution in [0.15, 0.2) is 41.3 Å². The van der Waals surface area contributed by atoms with E-state index < -0.39 is 10.0 Å². The van der Waals surface area contributed by atoms with Crippen molar-refractivity contribution in [2.45, 2.75) is 75.6 Å². The molecule has 1 saturated heterocycles. The molecule has 0 saturated carbocycles. The van der Waals surface area contributed by atoms with Crippen molar-refractivity contribution in [2.75, 3.05) is 20.2 Å². The number of likely N-dealkylation sites (tertiary alicyclic amines) is 1. The van der Waals surface area contributed by atoms with E-state index in [9.17, 15) is 13.2 Å². The van der Waals surface area contributed by atoms with E-state index in [4.69, 9.17) is 4.74 Å². The molecule has 2 aromatic carbocycles. The third-order valence-electron chi connectivity index (χ3n) is 7.09. The van der Waals surface area contributed by atoms with Crippen LogP contribution in [0.3, 0.4) is 0 Å². The fourth-order valence-corrected chi connectivity index (χ4v) is 6.41. The summed E-state index contributed by atoms with van der Waals surface area (Å²) in [4.78, 5) is 15.2. The number of ether oxygens (including phenoxy) is 1. The lowest BCUT2D eigenvalue weighted by Crippen LogP contribution is -2.33. The number of nitrogens with zero attached hydrogens (tertiary/aromatic N) is 1. The van der Waals surface area contributed by atoms with Crippen molar-refractivity contribution < 1.29 is 17.9 Å². The van der Waals surface area contributed by atoms with Gasteiger partial charge in [0.1, 0.15) is 5.75 Å². The third-order valence-corrected chi connectivity index (χ3v) is 8.55. The van der Waals surface area contributed by atoms with E-state index in [0.717, 1.165) is 44.1 Å². The van der Waals surface area contributed by atoms with Crippen LogP contribution in [0.2, 0.25) is 0 Å². The maximum absolute atomic E-state index is 13.4. The minimum atomic E-state index is -3.84. The van der Waals surface area contributed by atoms with Gasteiger partial charge < -0.3 is 9.64 Å². The Morgan fingerprint density at radius 3 is 2.35 bits per heavy atom. The molecule has 0 unspecified atom stereocenters. The molecule has 1 heterocycles. The third kappa shape index (κ3) is 5.47. The average Bonchev–Trinajstić information content (AvgIpc) is 3.16. The molecule has 4 rings (SSSR count). The number of carbonyl (C=O) groups is 1. The molecule has 7 heteroatoms. The summed E-state index contributed by atoms with van der Waals surface area (Å²) in [6.45, 7) is 3.36. The predicted molar refractivity (Wildman–Crippen MR) is 134 cm³/mol. The highest BCUT2D eigenvalue weighted by molar-refractivity contribution is 7.89. The zero-order valence-corrected chi connectivity index (χ0v) is 21.1. The van der Waals surface area contributed by atoms with Crippen molar-refractivity contribution in [3.8, 4) is 5.75 Å². The number of methoxy groups -OCH3 is 1. The van der Waals surface area contributed by atoms with Crippen molar-refractivity contribution in [1.82, 2.24) is 9.62 Å². The van der Waals surface area contributed by atoms with E-state index in [2.05, 4.69) is 16.9 Å². The first-order valence-electron chi connectivity index (χ1n) is 12.5. The molecule has 6 nitrogen and oxygen atoms in total. The van der Waals surface area contributed by atoms with E-state index in [-0.39, 0.29) is 16.8 Å². The van der Waals surface area contributed by atoms with Crippen LogP contribution >= 0.6 is 0 Å². The quantitative estimate of drug-likeness (QED) is 0.599. The maximum Gasteiger partial charge on any atom is 0.257 e. The number of carbonyl (C=O) groups excluding carboxylic acids is 1. The zero-order chi connectivity index (χ0) is 24.1. The highest BCUT2D eigenvalue weighted by Gasteiger charge is 2.26. The van der Waals surface area contributed by atoms with Gasteiger partial charge in [-0.15, -0.1) is 0 Å². The van der Waals surface area contributed by atoms with Crippen molar-refractivity contribution in [3.05, 3.63) is 58.7 Å². The second kappa shape index (κ2) is 10.9. The van der Waals surface area contributed by atoms with Gasteiger partial charge in [0.15, 0.2) is 0 Å². The summed E-state index contributed by atoms with van der Waals surface area (Å²) in [6, 6.07) is 10.6. The van der Waals surface area contributed by atoms with E-state index >= 15 is 0 Å². The van der Waals surface area contributed by atoms with Gasteiger partial charge in [0, 0.05) is 19.1 Å². The number of sulfonamides is 1. The minimum absolute atomic E-state index is 0.0860. The molecule has 0 aromatic heterocycles. The van der Waals surface area contributed by atoms with Gasteiger partial charge in [0.25, 0.3) is 5.91 Å². The number of benzene rings is 2. The first-order chi connectivity index (χ1) is 16.4. The molecule has 2 aliphatic rings. The van der Waals surface area contributed by atoms with E-state index in [1.807, 2.05) is 17.9 Å². The van der Waals surface area contributed by atoms with Crippen LogP contribution < -0.4 is 9.46 Å². The van der Waals surface area contributed by atoms with Crippen LogP contribution in [-0.4, -0.2) is 39.4 Å². The minimum Gasteiger partial charge on any atom is -0.496 e. The molecule has 1 atom stereocenters. The number of amides is 1.